The lowest BCUT2D eigenvalue weighted by Crippen LogP contribution is -2.39. The predicted molar refractivity (Wildman–Crippen MR) is 106 cm³/mol. The minimum Gasteiger partial charge on any atom is -0.497 e. The first-order valence-corrected chi connectivity index (χ1v) is 9.48. The van der Waals surface area contributed by atoms with Crippen molar-refractivity contribution < 1.29 is 9.53 Å². The fourth-order valence-corrected chi connectivity index (χ4v) is 3.85. The Morgan fingerprint density at radius 1 is 1.15 bits per heavy atom. The van der Waals surface area contributed by atoms with Crippen LogP contribution in [0.15, 0.2) is 48.8 Å². The van der Waals surface area contributed by atoms with Crippen LogP contribution in [0.4, 0.5) is 0 Å². The Kier molecular flexibility index (Phi) is 4.84. The predicted octanol–water partition coefficient (Wildman–Crippen LogP) is 3.76. The Morgan fingerprint density at radius 3 is 2.59 bits per heavy atom. The minimum absolute atomic E-state index is 0.199. The molecule has 1 amide bonds. The molecule has 5 nitrogen and oxygen atoms in total. The summed E-state index contributed by atoms with van der Waals surface area (Å²) in [5.41, 5.74) is 4.51. The molecule has 1 fully saturated rings. The lowest BCUT2D eigenvalue weighted by molar-refractivity contribution is -0.131. The number of likely N-dealkylation sites (tertiary alicyclic amines) is 1. The number of hydrogen-bond acceptors (Lipinski definition) is 3. The highest BCUT2D eigenvalue weighted by Gasteiger charge is 2.24. The van der Waals surface area contributed by atoms with Gasteiger partial charge in [-0.15, -0.1) is 0 Å². The third-order valence-corrected chi connectivity index (χ3v) is 5.46. The van der Waals surface area contributed by atoms with Crippen LogP contribution in [0.1, 0.15) is 30.0 Å². The van der Waals surface area contributed by atoms with Gasteiger partial charge in [-0.3, -0.25) is 4.79 Å². The summed E-state index contributed by atoms with van der Waals surface area (Å²) < 4.78 is 7.46. The fourth-order valence-electron chi connectivity index (χ4n) is 3.85. The molecule has 0 saturated carbocycles. The summed E-state index contributed by atoms with van der Waals surface area (Å²) >= 11 is 0. The van der Waals surface area contributed by atoms with Gasteiger partial charge in [-0.25, -0.2) is 4.98 Å². The third-order valence-electron chi connectivity index (χ3n) is 5.46. The van der Waals surface area contributed by atoms with Gasteiger partial charge < -0.3 is 14.2 Å². The molecule has 1 aliphatic rings. The number of carbonyl (C=O) groups is 1. The number of rotatable bonds is 4. The van der Waals surface area contributed by atoms with E-state index in [1.165, 1.54) is 11.1 Å². The van der Waals surface area contributed by atoms with Crippen molar-refractivity contribution in [1.82, 2.24) is 14.5 Å². The van der Waals surface area contributed by atoms with Gasteiger partial charge in [-0.1, -0.05) is 18.2 Å². The summed E-state index contributed by atoms with van der Waals surface area (Å²) in [5, 5.41) is 0. The Hall–Kier alpha value is -2.82. The molecule has 3 aromatic rings. The number of fused-ring (bicyclic) bond motifs is 1. The van der Waals surface area contributed by atoms with E-state index in [-0.39, 0.29) is 5.91 Å². The van der Waals surface area contributed by atoms with E-state index in [2.05, 4.69) is 34.7 Å². The van der Waals surface area contributed by atoms with Crippen LogP contribution in [0.5, 0.6) is 5.75 Å². The molecule has 1 saturated heterocycles. The van der Waals surface area contributed by atoms with Crippen LogP contribution in [-0.4, -0.2) is 40.6 Å². The average Bonchev–Trinajstić information content (AvgIpc) is 3.11. The highest BCUT2D eigenvalue weighted by Crippen LogP contribution is 2.27. The number of ether oxygens (including phenoxy) is 1. The Morgan fingerprint density at radius 2 is 1.89 bits per heavy atom. The van der Waals surface area contributed by atoms with E-state index < -0.39 is 0 Å². The lowest BCUT2D eigenvalue weighted by Gasteiger charge is -2.33. The Balaban J connectivity index is 1.39. The molecular weight excluding hydrogens is 338 g/mol. The van der Waals surface area contributed by atoms with E-state index in [1.54, 1.807) is 7.11 Å². The number of aryl methyl sites for hydroxylation is 1. The first kappa shape index (κ1) is 17.6. The van der Waals surface area contributed by atoms with Gasteiger partial charge >= 0.3 is 0 Å². The SMILES string of the molecule is COc1ccc(CC(=O)N2CCC(n3cnc4ccc(C)cc43)CC2)cc1. The largest absolute Gasteiger partial charge is 0.497 e. The fraction of sp³-hybridized carbons (Fsp3) is 0.364. The molecule has 0 aliphatic carbocycles. The monoisotopic (exact) mass is 363 g/mol. The first-order chi connectivity index (χ1) is 13.1. The number of methoxy groups -OCH3 is 1. The second-order valence-electron chi connectivity index (χ2n) is 7.28. The van der Waals surface area contributed by atoms with E-state index >= 15 is 0 Å². The third kappa shape index (κ3) is 3.68. The van der Waals surface area contributed by atoms with Gasteiger partial charge in [0.2, 0.25) is 5.91 Å². The summed E-state index contributed by atoms with van der Waals surface area (Å²) in [6.07, 6.45) is 4.33. The van der Waals surface area contributed by atoms with Gasteiger partial charge in [0.25, 0.3) is 0 Å². The molecule has 140 valence electrons. The molecular formula is C22H25N3O2. The van der Waals surface area contributed by atoms with Crippen molar-refractivity contribution in [3.63, 3.8) is 0 Å². The van der Waals surface area contributed by atoms with Gasteiger partial charge in [0, 0.05) is 19.1 Å². The summed E-state index contributed by atoms with van der Waals surface area (Å²) in [5.74, 6) is 1.01. The standard InChI is InChI=1S/C22H25N3O2/c1-16-3-8-20-21(13-16)25(15-23-20)18-9-11-24(12-10-18)22(26)14-17-4-6-19(27-2)7-5-17/h3-8,13,15,18H,9-12,14H2,1-2H3. The normalized spacial score (nSPS) is 15.3. The Labute approximate surface area is 159 Å². The molecule has 2 aromatic carbocycles. The van der Waals surface area contributed by atoms with Crippen LogP contribution in [0.3, 0.4) is 0 Å². The topological polar surface area (TPSA) is 47.4 Å². The maximum Gasteiger partial charge on any atom is 0.226 e. The van der Waals surface area contributed by atoms with Crippen molar-refractivity contribution in [2.24, 2.45) is 0 Å². The Bertz CT molecular complexity index is 938. The number of nitrogens with zero attached hydrogens (tertiary/aromatic N) is 3. The zero-order chi connectivity index (χ0) is 18.8. The van der Waals surface area contributed by atoms with E-state index in [9.17, 15) is 4.79 Å². The molecule has 27 heavy (non-hydrogen) atoms. The van der Waals surface area contributed by atoms with Gasteiger partial charge in [0.15, 0.2) is 0 Å². The van der Waals surface area contributed by atoms with Crippen LogP contribution >= 0.6 is 0 Å². The summed E-state index contributed by atoms with van der Waals surface area (Å²) in [6.45, 7) is 3.70. The minimum atomic E-state index is 0.199. The molecule has 0 bridgehead atoms. The molecule has 0 radical (unpaired) electrons. The number of aromatic nitrogens is 2. The quantitative estimate of drug-likeness (QED) is 0.709. The van der Waals surface area contributed by atoms with Gasteiger partial charge in [-0.05, 0) is 55.2 Å². The van der Waals surface area contributed by atoms with Gasteiger partial charge in [0.05, 0.1) is 30.9 Å². The van der Waals surface area contributed by atoms with E-state index in [0.29, 0.717) is 12.5 Å². The zero-order valence-electron chi connectivity index (χ0n) is 15.9. The van der Waals surface area contributed by atoms with E-state index in [0.717, 1.165) is 42.8 Å². The van der Waals surface area contributed by atoms with Crippen LogP contribution in [0.2, 0.25) is 0 Å². The molecule has 4 rings (SSSR count). The van der Waals surface area contributed by atoms with E-state index in [4.69, 9.17) is 4.74 Å². The second-order valence-corrected chi connectivity index (χ2v) is 7.28. The maximum atomic E-state index is 12.6. The molecule has 2 heterocycles. The molecule has 0 N–H and O–H groups in total. The number of imidazole rings is 1. The molecule has 0 atom stereocenters. The van der Waals surface area contributed by atoms with Crippen molar-refractivity contribution in [3.05, 3.63) is 59.9 Å². The van der Waals surface area contributed by atoms with Crippen LogP contribution < -0.4 is 4.74 Å². The number of piperidine rings is 1. The molecule has 0 unspecified atom stereocenters. The molecule has 1 aliphatic heterocycles. The van der Waals surface area contributed by atoms with Crippen molar-refractivity contribution in [1.29, 1.82) is 0 Å². The van der Waals surface area contributed by atoms with E-state index in [1.807, 2.05) is 35.5 Å². The molecule has 1 aromatic heterocycles. The summed E-state index contributed by atoms with van der Waals surface area (Å²) in [4.78, 5) is 19.2. The summed E-state index contributed by atoms with van der Waals surface area (Å²) in [6, 6.07) is 14.5. The number of amides is 1. The zero-order valence-corrected chi connectivity index (χ0v) is 15.9. The number of benzene rings is 2. The van der Waals surface area contributed by atoms with Gasteiger partial charge in [0.1, 0.15) is 5.75 Å². The maximum absolute atomic E-state index is 12.6. The average molecular weight is 363 g/mol. The number of carbonyl (C=O) groups excluding carboxylic acids is 1. The van der Waals surface area contributed by atoms with Crippen molar-refractivity contribution in [2.45, 2.75) is 32.2 Å². The van der Waals surface area contributed by atoms with Crippen LogP contribution in [0.25, 0.3) is 11.0 Å². The highest BCUT2D eigenvalue weighted by molar-refractivity contribution is 5.79. The lowest BCUT2D eigenvalue weighted by atomic mass is 10.0. The van der Waals surface area contributed by atoms with Crippen molar-refractivity contribution in [2.75, 3.05) is 20.2 Å². The molecule has 5 heteroatoms. The van der Waals surface area contributed by atoms with Crippen molar-refractivity contribution in [3.8, 4) is 5.75 Å². The highest BCUT2D eigenvalue weighted by atomic mass is 16.5. The van der Waals surface area contributed by atoms with Crippen molar-refractivity contribution >= 4 is 16.9 Å². The van der Waals surface area contributed by atoms with Crippen LogP contribution in [0, 0.1) is 6.92 Å². The van der Waals surface area contributed by atoms with Gasteiger partial charge in [-0.2, -0.15) is 0 Å². The summed E-state index contributed by atoms with van der Waals surface area (Å²) in [7, 11) is 1.65. The first-order valence-electron chi connectivity index (χ1n) is 9.48. The smallest absolute Gasteiger partial charge is 0.226 e. The second kappa shape index (κ2) is 7.43. The number of hydrogen-bond donors (Lipinski definition) is 0. The van der Waals surface area contributed by atoms with Crippen LogP contribution in [-0.2, 0) is 11.2 Å². The molecule has 0 spiro atoms.